The molecule has 76 valence electrons. The van der Waals surface area contributed by atoms with Gasteiger partial charge in [-0.05, 0) is 12.0 Å². The molecule has 1 aromatic carbocycles. The summed E-state index contributed by atoms with van der Waals surface area (Å²) in [5.74, 6) is -0.0366. The van der Waals surface area contributed by atoms with Gasteiger partial charge in [0.05, 0.1) is 12.5 Å². The molecule has 0 saturated heterocycles. The van der Waals surface area contributed by atoms with E-state index in [0.29, 0.717) is 6.61 Å². The molecule has 14 heavy (non-hydrogen) atoms. The molecule has 0 saturated carbocycles. The van der Waals surface area contributed by atoms with Crippen LogP contribution in [0.3, 0.4) is 0 Å². The van der Waals surface area contributed by atoms with Crippen LogP contribution in [0.4, 0.5) is 0 Å². The molecular formula is C11H13ClO2. The van der Waals surface area contributed by atoms with Crippen LogP contribution in [-0.2, 0) is 16.0 Å². The van der Waals surface area contributed by atoms with Crippen molar-refractivity contribution in [2.24, 2.45) is 0 Å². The Morgan fingerprint density at radius 1 is 1.29 bits per heavy atom. The monoisotopic (exact) mass is 212 g/mol. The SMILES string of the molecule is O=C(CCl)COCCc1ccccc1. The highest BCUT2D eigenvalue weighted by Crippen LogP contribution is 1.99. The number of alkyl halides is 1. The molecule has 0 N–H and O–H groups in total. The number of benzene rings is 1. The molecule has 0 aliphatic heterocycles. The van der Waals surface area contributed by atoms with Crippen LogP contribution >= 0.6 is 11.6 Å². The van der Waals surface area contributed by atoms with Gasteiger partial charge in [-0.2, -0.15) is 0 Å². The van der Waals surface area contributed by atoms with Crippen molar-refractivity contribution < 1.29 is 9.53 Å². The van der Waals surface area contributed by atoms with Gasteiger partial charge in [0.2, 0.25) is 0 Å². The fourth-order valence-corrected chi connectivity index (χ4v) is 1.14. The van der Waals surface area contributed by atoms with Crippen LogP contribution in [0, 0.1) is 0 Å². The first-order valence-electron chi connectivity index (χ1n) is 4.52. The van der Waals surface area contributed by atoms with E-state index in [0.717, 1.165) is 6.42 Å². The van der Waals surface area contributed by atoms with Crippen LogP contribution in [0.25, 0.3) is 0 Å². The second-order valence-corrected chi connectivity index (χ2v) is 3.23. The molecule has 0 unspecified atom stereocenters. The molecular weight excluding hydrogens is 200 g/mol. The Hall–Kier alpha value is -0.860. The molecule has 2 nitrogen and oxygen atoms in total. The predicted molar refractivity (Wildman–Crippen MR) is 56.7 cm³/mol. The molecule has 0 aliphatic rings. The average Bonchev–Trinajstić information content (AvgIpc) is 2.25. The van der Waals surface area contributed by atoms with Crippen molar-refractivity contribution in [3.63, 3.8) is 0 Å². The Balaban J connectivity index is 2.13. The van der Waals surface area contributed by atoms with Gasteiger partial charge < -0.3 is 4.74 Å². The van der Waals surface area contributed by atoms with Gasteiger partial charge in [-0.3, -0.25) is 4.79 Å². The molecule has 0 aromatic heterocycles. The van der Waals surface area contributed by atoms with E-state index in [1.807, 2.05) is 30.3 Å². The summed E-state index contributed by atoms with van der Waals surface area (Å²) in [7, 11) is 0. The molecule has 0 spiro atoms. The van der Waals surface area contributed by atoms with Crippen LogP contribution in [-0.4, -0.2) is 24.9 Å². The van der Waals surface area contributed by atoms with Crippen LogP contribution < -0.4 is 0 Å². The highest BCUT2D eigenvalue weighted by molar-refractivity contribution is 6.27. The van der Waals surface area contributed by atoms with Gasteiger partial charge in [0.15, 0.2) is 5.78 Å². The number of ether oxygens (including phenoxy) is 1. The molecule has 0 aliphatic carbocycles. The summed E-state index contributed by atoms with van der Waals surface area (Å²) in [6.45, 7) is 0.684. The smallest absolute Gasteiger partial charge is 0.173 e. The van der Waals surface area contributed by atoms with Crippen LogP contribution in [0.1, 0.15) is 5.56 Å². The van der Waals surface area contributed by atoms with Crippen molar-refractivity contribution in [3.8, 4) is 0 Å². The lowest BCUT2D eigenvalue weighted by Gasteiger charge is -2.02. The van der Waals surface area contributed by atoms with Crippen LogP contribution in [0.15, 0.2) is 30.3 Å². The zero-order valence-electron chi connectivity index (χ0n) is 7.91. The molecule has 1 aromatic rings. The Morgan fingerprint density at radius 3 is 2.64 bits per heavy atom. The van der Waals surface area contributed by atoms with E-state index < -0.39 is 0 Å². The summed E-state index contributed by atoms with van der Waals surface area (Å²) in [5.41, 5.74) is 1.21. The fraction of sp³-hybridized carbons (Fsp3) is 0.364. The largest absolute Gasteiger partial charge is 0.373 e. The highest BCUT2D eigenvalue weighted by Gasteiger charge is 1.98. The van der Waals surface area contributed by atoms with Crippen molar-refractivity contribution in [1.29, 1.82) is 0 Å². The zero-order valence-corrected chi connectivity index (χ0v) is 8.67. The maximum absolute atomic E-state index is 10.8. The Morgan fingerprint density at radius 2 is 2.00 bits per heavy atom. The van der Waals surface area contributed by atoms with E-state index in [1.165, 1.54) is 5.56 Å². The van der Waals surface area contributed by atoms with E-state index in [-0.39, 0.29) is 18.3 Å². The summed E-state index contributed by atoms with van der Waals surface area (Å²) in [6, 6.07) is 10.0. The number of hydrogen-bond acceptors (Lipinski definition) is 2. The first-order valence-corrected chi connectivity index (χ1v) is 5.05. The van der Waals surface area contributed by atoms with Gasteiger partial charge in [0.1, 0.15) is 6.61 Å². The summed E-state index contributed by atoms with van der Waals surface area (Å²) in [6.07, 6.45) is 0.830. The van der Waals surface area contributed by atoms with Crippen molar-refractivity contribution in [2.45, 2.75) is 6.42 Å². The lowest BCUT2D eigenvalue weighted by Crippen LogP contribution is -2.11. The van der Waals surface area contributed by atoms with Crippen LogP contribution in [0.2, 0.25) is 0 Å². The molecule has 0 heterocycles. The van der Waals surface area contributed by atoms with Gasteiger partial charge in [-0.1, -0.05) is 30.3 Å². The topological polar surface area (TPSA) is 26.3 Å². The second-order valence-electron chi connectivity index (χ2n) is 2.96. The van der Waals surface area contributed by atoms with Gasteiger partial charge in [0.25, 0.3) is 0 Å². The van der Waals surface area contributed by atoms with E-state index in [9.17, 15) is 4.79 Å². The Bertz CT molecular complexity index is 272. The maximum Gasteiger partial charge on any atom is 0.173 e. The standard InChI is InChI=1S/C11H13ClO2/c12-8-11(13)9-14-7-6-10-4-2-1-3-5-10/h1-5H,6-9H2. The van der Waals surface area contributed by atoms with Crippen molar-refractivity contribution in [2.75, 3.05) is 19.1 Å². The minimum Gasteiger partial charge on any atom is -0.373 e. The second kappa shape index (κ2) is 6.57. The first kappa shape index (κ1) is 11.2. The normalized spacial score (nSPS) is 10.1. The predicted octanol–water partition coefficient (Wildman–Crippen LogP) is 2.05. The lowest BCUT2D eigenvalue weighted by molar-refractivity contribution is -0.121. The third-order valence-electron chi connectivity index (χ3n) is 1.79. The number of carbonyl (C=O) groups excluding carboxylic acids is 1. The number of ketones is 1. The Labute approximate surface area is 88.8 Å². The molecule has 0 fully saturated rings. The number of rotatable bonds is 6. The third-order valence-corrected chi connectivity index (χ3v) is 2.09. The van der Waals surface area contributed by atoms with E-state index in [1.54, 1.807) is 0 Å². The zero-order chi connectivity index (χ0) is 10.2. The van der Waals surface area contributed by atoms with E-state index in [4.69, 9.17) is 16.3 Å². The minimum absolute atomic E-state index is 0.0331. The number of Topliss-reactive ketones (excluding diaryl/α,β-unsaturated/α-hetero) is 1. The molecule has 0 atom stereocenters. The van der Waals surface area contributed by atoms with Crippen LogP contribution in [0.5, 0.6) is 0 Å². The molecule has 1 rings (SSSR count). The van der Waals surface area contributed by atoms with E-state index in [2.05, 4.69) is 0 Å². The first-order chi connectivity index (χ1) is 6.83. The molecule has 3 heteroatoms. The van der Waals surface area contributed by atoms with Gasteiger partial charge in [0, 0.05) is 0 Å². The number of carbonyl (C=O) groups is 1. The molecule has 0 bridgehead atoms. The Kier molecular flexibility index (Phi) is 5.27. The summed E-state index contributed by atoms with van der Waals surface area (Å²) in [4.78, 5) is 10.8. The summed E-state index contributed by atoms with van der Waals surface area (Å²) in [5, 5.41) is 0. The maximum atomic E-state index is 10.8. The summed E-state index contributed by atoms with van der Waals surface area (Å²) < 4.78 is 5.16. The van der Waals surface area contributed by atoms with E-state index >= 15 is 0 Å². The van der Waals surface area contributed by atoms with Gasteiger partial charge >= 0.3 is 0 Å². The number of hydrogen-bond donors (Lipinski definition) is 0. The summed E-state index contributed by atoms with van der Waals surface area (Å²) >= 11 is 5.32. The molecule has 0 amide bonds. The van der Waals surface area contributed by atoms with Crippen molar-refractivity contribution in [3.05, 3.63) is 35.9 Å². The van der Waals surface area contributed by atoms with Gasteiger partial charge in [-0.15, -0.1) is 11.6 Å². The quantitative estimate of drug-likeness (QED) is 0.533. The van der Waals surface area contributed by atoms with Crippen molar-refractivity contribution in [1.82, 2.24) is 0 Å². The third kappa shape index (κ3) is 4.40. The number of halogens is 1. The van der Waals surface area contributed by atoms with Gasteiger partial charge in [-0.25, -0.2) is 0 Å². The fourth-order valence-electron chi connectivity index (χ4n) is 1.06. The minimum atomic E-state index is -0.0697. The molecule has 0 radical (unpaired) electrons. The van der Waals surface area contributed by atoms with Crippen molar-refractivity contribution >= 4 is 17.4 Å². The highest BCUT2D eigenvalue weighted by atomic mass is 35.5. The lowest BCUT2D eigenvalue weighted by atomic mass is 10.2. The average molecular weight is 213 g/mol.